The molecule has 2 rings (SSSR count). The number of hydrogen-bond donors (Lipinski definition) is 2. The third-order valence-corrected chi connectivity index (χ3v) is 4.95. The number of carbonyl (C=O) groups is 2. The van der Waals surface area contributed by atoms with Crippen molar-refractivity contribution >= 4 is 23.4 Å². The fraction of sp³-hybridized carbons (Fsp3) is 0.500. The molecule has 13 heteroatoms. The van der Waals surface area contributed by atoms with E-state index in [1.165, 1.54) is 4.68 Å². The number of aromatic nitrogens is 2. The maximum atomic E-state index is 13.1. The lowest BCUT2D eigenvalue weighted by Gasteiger charge is -2.26. The molecule has 0 spiro atoms. The molecule has 0 radical (unpaired) electrons. The van der Waals surface area contributed by atoms with E-state index in [2.05, 4.69) is 10.4 Å². The Morgan fingerprint density at radius 2 is 1.46 bits per heavy atom. The van der Waals surface area contributed by atoms with Gasteiger partial charge in [0, 0.05) is 30.3 Å². The van der Waals surface area contributed by atoms with E-state index in [9.17, 15) is 35.9 Å². The van der Waals surface area contributed by atoms with Crippen LogP contribution in [0.15, 0.2) is 24.3 Å². The highest BCUT2D eigenvalue weighted by Gasteiger charge is 2.37. The Kier molecular flexibility index (Phi) is 7.82. The summed E-state index contributed by atoms with van der Waals surface area (Å²) in [6, 6.07) is 0.778. The summed E-state index contributed by atoms with van der Waals surface area (Å²) in [7, 11) is 1.61. The van der Waals surface area contributed by atoms with Crippen molar-refractivity contribution in [2.24, 2.45) is 7.05 Å². The summed E-state index contributed by atoms with van der Waals surface area (Å²) in [5, 5.41) is 8.97. The number of nitrogens with zero attached hydrogens (tertiary/aromatic N) is 3. The first-order valence-corrected chi connectivity index (χ1v) is 10.5. The second-order valence-electron chi connectivity index (χ2n) is 9.28. The monoisotopic (exact) mass is 507 g/mol. The van der Waals surface area contributed by atoms with Gasteiger partial charge in [0.25, 0.3) is 0 Å². The van der Waals surface area contributed by atoms with Crippen LogP contribution in [-0.2, 0) is 29.6 Å². The highest BCUT2D eigenvalue weighted by atomic mass is 19.4. The zero-order valence-corrected chi connectivity index (χ0v) is 20.0. The summed E-state index contributed by atoms with van der Waals surface area (Å²) in [6.07, 6.45) is -10.1. The van der Waals surface area contributed by atoms with Crippen LogP contribution in [0, 0.1) is 0 Å². The van der Waals surface area contributed by atoms with Crippen LogP contribution >= 0.6 is 0 Å². The van der Waals surface area contributed by atoms with Crippen molar-refractivity contribution in [3.8, 4) is 0 Å². The van der Waals surface area contributed by atoms with Gasteiger partial charge < -0.3 is 15.5 Å². The van der Waals surface area contributed by atoms with Gasteiger partial charge in [-0.2, -0.15) is 31.4 Å². The van der Waals surface area contributed by atoms with E-state index < -0.39 is 53.7 Å². The number of halogens is 6. The van der Waals surface area contributed by atoms with Crippen LogP contribution in [0.4, 0.5) is 42.6 Å². The maximum Gasteiger partial charge on any atom is 0.416 e. The van der Waals surface area contributed by atoms with Crippen LogP contribution in [0.25, 0.3) is 0 Å². The summed E-state index contributed by atoms with van der Waals surface area (Å²) in [6.45, 7) is 8.38. The predicted octanol–water partition coefficient (Wildman–Crippen LogP) is 5.64. The first-order valence-electron chi connectivity index (χ1n) is 10.5. The predicted molar refractivity (Wildman–Crippen MR) is 118 cm³/mol. The summed E-state index contributed by atoms with van der Waals surface area (Å²) in [5.74, 6) is -0.269. The van der Waals surface area contributed by atoms with E-state index in [-0.39, 0.29) is 11.5 Å². The zero-order valence-electron chi connectivity index (χ0n) is 20.0. The van der Waals surface area contributed by atoms with Crippen molar-refractivity contribution in [2.75, 3.05) is 17.2 Å². The summed E-state index contributed by atoms with van der Waals surface area (Å²) in [4.78, 5) is 26.3. The molecule has 0 aliphatic carbocycles. The number of anilines is 2. The topological polar surface area (TPSA) is 79.3 Å². The van der Waals surface area contributed by atoms with Crippen LogP contribution in [0.3, 0.4) is 0 Å². The van der Waals surface area contributed by atoms with Crippen molar-refractivity contribution in [3.05, 3.63) is 41.1 Å². The average molecular weight is 507 g/mol. The highest BCUT2D eigenvalue weighted by molar-refractivity contribution is 5.96. The number of amides is 3. The van der Waals surface area contributed by atoms with Gasteiger partial charge in [-0.15, -0.1) is 0 Å². The zero-order chi connectivity index (χ0) is 26.9. The largest absolute Gasteiger partial charge is 0.416 e. The maximum absolute atomic E-state index is 13.1. The number of urea groups is 1. The first-order chi connectivity index (χ1) is 15.8. The Balaban J connectivity index is 2.23. The van der Waals surface area contributed by atoms with Gasteiger partial charge in [-0.05, 0) is 32.0 Å². The molecule has 7 nitrogen and oxygen atoms in total. The summed E-state index contributed by atoms with van der Waals surface area (Å²) < 4.78 is 80.0. The molecule has 1 heterocycles. The molecule has 0 fully saturated rings. The van der Waals surface area contributed by atoms with Gasteiger partial charge in [0.15, 0.2) is 0 Å². The highest BCUT2D eigenvalue weighted by Crippen LogP contribution is 2.37. The van der Waals surface area contributed by atoms with E-state index >= 15 is 0 Å². The average Bonchev–Trinajstić information content (AvgIpc) is 3.05. The third kappa shape index (κ3) is 7.36. The molecular weight excluding hydrogens is 480 g/mol. The van der Waals surface area contributed by atoms with Gasteiger partial charge >= 0.3 is 18.4 Å². The minimum atomic E-state index is -5.06. The van der Waals surface area contributed by atoms with Gasteiger partial charge in [0.1, 0.15) is 12.4 Å². The standard InChI is InChI=1S/C22H27F6N5O2/c1-12(2)33(11-18(34)30-17-10-16(20(3,4)5)31-32(17)6)19(35)29-15-8-13(21(23,24)25)7-14(9-15)22(26,27)28/h7-10,12H,11H2,1-6H3,(H,29,35)(H,30,34). The fourth-order valence-electron chi connectivity index (χ4n) is 3.00. The van der Waals surface area contributed by atoms with Crippen molar-refractivity contribution in [1.82, 2.24) is 14.7 Å². The second-order valence-corrected chi connectivity index (χ2v) is 9.28. The Bertz CT molecular complexity index is 1050. The van der Waals surface area contributed by atoms with E-state index in [0.29, 0.717) is 23.6 Å². The normalized spacial score (nSPS) is 12.6. The van der Waals surface area contributed by atoms with Gasteiger partial charge in [0.05, 0.1) is 16.8 Å². The van der Waals surface area contributed by atoms with Crippen molar-refractivity contribution in [2.45, 2.75) is 58.4 Å². The SMILES string of the molecule is CC(C)N(CC(=O)Nc1cc(C(C)(C)C)nn1C)C(=O)Nc1cc(C(F)(F)F)cc(C(F)(F)F)c1. The molecule has 0 saturated carbocycles. The van der Waals surface area contributed by atoms with E-state index in [1.807, 2.05) is 26.1 Å². The number of benzene rings is 1. The van der Waals surface area contributed by atoms with E-state index in [4.69, 9.17) is 0 Å². The quantitative estimate of drug-likeness (QED) is 0.515. The number of rotatable bonds is 5. The lowest BCUT2D eigenvalue weighted by atomic mass is 9.92. The first kappa shape index (κ1) is 28.0. The van der Waals surface area contributed by atoms with Crippen LogP contribution in [0.5, 0.6) is 0 Å². The lowest BCUT2D eigenvalue weighted by Crippen LogP contribution is -2.44. The Morgan fingerprint density at radius 1 is 0.943 bits per heavy atom. The molecule has 0 bridgehead atoms. The van der Waals surface area contributed by atoms with Crippen LogP contribution < -0.4 is 10.6 Å². The van der Waals surface area contributed by atoms with Crippen LogP contribution in [0.1, 0.15) is 51.4 Å². The Labute approximate surface area is 198 Å². The minimum absolute atomic E-state index is 0.0386. The molecule has 0 unspecified atom stereocenters. The molecule has 1 aromatic heterocycles. The summed E-state index contributed by atoms with van der Waals surface area (Å²) >= 11 is 0. The Morgan fingerprint density at radius 3 is 1.86 bits per heavy atom. The third-order valence-electron chi connectivity index (χ3n) is 4.95. The van der Waals surface area contributed by atoms with E-state index in [1.54, 1.807) is 27.0 Å². The minimum Gasteiger partial charge on any atom is -0.313 e. The van der Waals surface area contributed by atoms with Crippen molar-refractivity contribution < 1.29 is 35.9 Å². The van der Waals surface area contributed by atoms with Crippen LogP contribution in [0.2, 0.25) is 0 Å². The molecule has 35 heavy (non-hydrogen) atoms. The number of alkyl halides is 6. The molecule has 2 N–H and O–H groups in total. The molecule has 0 aliphatic heterocycles. The fourth-order valence-corrected chi connectivity index (χ4v) is 3.00. The second kappa shape index (κ2) is 9.78. The number of nitrogens with one attached hydrogen (secondary N) is 2. The molecule has 0 saturated heterocycles. The molecule has 1 aromatic carbocycles. The number of aryl methyl sites for hydroxylation is 1. The van der Waals surface area contributed by atoms with Gasteiger partial charge in [-0.3, -0.25) is 9.48 Å². The van der Waals surface area contributed by atoms with Crippen molar-refractivity contribution in [3.63, 3.8) is 0 Å². The number of carbonyl (C=O) groups excluding carboxylic acids is 2. The van der Waals surface area contributed by atoms with Gasteiger partial charge in [0.2, 0.25) is 5.91 Å². The molecule has 0 aliphatic rings. The Hall–Kier alpha value is -3.25. The van der Waals surface area contributed by atoms with E-state index in [0.717, 1.165) is 4.90 Å². The number of hydrogen-bond acceptors (Lipinski definition) is 3. The van der Waals surface area contributed by atoms with Crippen molar-refractivity contribution in [1.29, 1.82) is 0 Å². The molecule has 2 aromatic rings. The lowest BCUT2D eigenvalue weighted by molar-refractivity contribution is -0.143. The molecule has 0 atom stereocenters. The van der Waals surface area contributed by atoms with Gasteiger partial charge in [-0.1, -0.05) is 20.8 Å². The summed E-state index contributed by atoms with van der Waals surface area (Å²) in [5.41, 5.74) is -3.42. The molecular formula is C22H27F6N5O2. The molecule has 3 amide bonds. The smallest absolute Gasteiger partial charge is 0.313 e. The molecule has 194 valence electrons. The van der Waals surface area contributed by atoms with Gasteiger partial charge in [-0.25, -0.2) is 4.79 Å². The van der Waals surface area contributed by atoms with Crippen LogP contribution in [-0.4, -0.2) is 39.2 Å².